The molecule has 0 saturated carbocycles. The predicted molar refractivity (Wildman–Crippen MR) is 110 cm³/mol. The van der Waals surface area contributed by atoms with Gasteiger partial charge in [0.2, 0.25) is 0 Å². The third-order valence-electron chi connectivity index (χ3n) is 3.86. The molecule has 3 aromatic carbocycles. The maximum atomic E-state index is 12.2. The highest BCUT2D eigenvalue weighted by atomic mass is 16.5. The SMILES string of the molecule is Cc1cccc(C(=O)Oc2ccc(C=NNC(=O)COc3ccccc3)cc2)c1. The summed E-state index contributed by atoms with van der Waals surface area (Å²) in [7, 11) is 0. The molecular weight excluding hydrogens is 368 g/mol. The number of amides is 1. The zero-order chi connectivity index (χ0) is 20.5. The Bertz CT molecular complexity index is 999. The highest BCUT2D eigenvalue weighted by molar-refractivity contribution is 5.91. The second-order valence-electron chi connectivity index (χ2n) is 6.22. The van der Waals surface area contributed by atoms with Crippen molar-refractivity contribution in [1.29, 1.82) is 0 Å². The molecule has 0 bridgehead atoms. The van der Waals surface area contributed by atoms with Crippen molar-refractivity contribution in [2.75, 3.05) is 6.61 Å². The summed E-state index contributed by atoms with van der Waals surface area (Å²) in [5.41, 5.74) is 4.62. The molecule has 6 nitrogen and oxygen atoms in total. The fourth-order valence-electron chi connectivity index (χ4n) is 2.44. The number of hydrogen-bond acceptors (Lipinski definition) is 5. The number of nitrogens with one attached hydrogen (secondary N) is 1. The monoisotopic (exact) mass is 388 g/mol. The number of carbonyl (C=O) groups excluding carboxylic acids is 2. The van der Waals surface area contributed by atoms with Crippen LogP contribution in [0.1, 0.15) is 21.5 Å². The van der Waals surface area contributed by atoms with Gasteiger partial charge in [-0.25, -0.2) is 10.2 Å². The molecule has 146 valence electrons. The first-order valence-corrected chi connectivity index (χ1v) is 8.99. The molecule has 0 aliphatic rings. The van der Waals surface area contributed by atoms with Gasteiger partial charge in [0.15, 0.2) is 6.61 Å². The summed E-state index contributed by atoms with van der Waals surface area (Å²) in [6.07, 6.45) is 1.49. The lowest BCUT2D eigenvalue weighted by Gasteiger charge is -2.05. The van der Waals surface area contributed by atoms with Crippen LogP contribution in [0.25, 0.3) is 0 Å². The average molecular weight is 388 g/mol. The minimum Gasteiger partial charge on any atom is -0.484 e. The van der Waals surface area contributed by atoms with Crippen molar-refractivity contribution in [2.24, 2.45) is 5.10 Å². The molecule has 0 aromatic heterocycles. The summed E-state index contributed by atoms with van der Waals surface area (Å²) >= 11 is 0. The van der Waals surface area contributed by atoms with Gasteiger partial charge in [0.25, 0.3) is 5.91 Å². The Morgan fingerprint density at radius 3 is 2.41 bits per heavy atom. The lowest BCUT2D eigenvalue weighted by molar-refractivity contribution is -0.123. The van der Waals surface area contributed by atoms with Crippen LogP contribution in [0.5, 0.6) is 11.5 Å². The van der Waals surface area contributed by atoms with Gasteiger partial charge < -0.3 is 9.47 Å². The first kappa shape index (κ1) is 19.8. The number of carbonyl (C=O) groups is 2. The predicted octanol–water partition coefficient (Wildman–Crippen LogP) is 3.74. The summed E-state index contributed by atoms with van der Waals surface area (Å²) in [4.78, 5) is 23.9. The third-order valence-corrected chi connectivity index (χ3v) is 3.86. The number of ether oxygens (including phenoxy) is 2. The molecule has 0 heterocycles. The quantitative estimate of drug-likeness (QED) is 0.289. The summed E-state index contributed by atoms with van der Waals surface area (Å²) in [6.45, 7) is 1.78. The van der Waals surface area contributed by atoms with Crippen molar-refractivity contribution in [2.45, 2.75) is 6.92 Å². The fraction of sp³-hybridized carbons (Fsp3) is 0.0870. The number of aryl methyl sites for hydroxylation is 1. The standard InChI is InChI=1S/C23H20N2O4/c1-17-6-5-7-19(14-17)23(27)29-21-12-10-18(11-13-21)15-24-25-22(26)16-28-20-8-3-2-4-9-20/h2-15H,16H2,1H3,(H,25,26). The molecule has 3 rings (SSSR count). The van der Waals surface area contributed by atoms with Gasteiger partial charge in [0.05, 0.1) is 11.8 Å². The van der Waals surface area contributed by atoms with Gasteiger partial charge in [0, 0.05) is 0 Å². The largest absolute Gasteiger partial charge is 0.484 e. The van der Waals surface area contributed by atoms with E-state index in [1.54, 1.807) is 48.5 Å². The van der Waals surface area contributed by atoms with E-state index in [0.717, 1.165) is 11.1 Å². The Morgan fingerprint density at radius 1 is 0.931 bits per heavy atom. The number of esters is 1. The van der Waals surface area contributed by atoms with Crippen molar-refractivity contribution >= 4 is 18.1 Å². The Balaban J connectivity index is 1.47. The highest BCUT2D eigenvalue weighted by Crippen LogP contribution is 2.14. The van der Waals surface area contributed by atoms with E-state index in [0.29, 0.717) is 17.1 Å². The van der Waals surface area contributed by atoms with Gasteiger partial charge in [-0.05, 0) is 61.0 Å². The second kappa shape index (κ2) is 9.85. The number of hydrazone groups is 1. The summed E-state index contributed by atoms with van der Waals surface area (Å²) in [5.74, 6) is 0.256. The molecule has 1 amide bonds. The van der Waals surface area contributed by atoms with E-state index >= 15 is 0 Å². The smallest absolute Gasteiger partial charge is 0.343 e. The lowest BCUT2D eigenvalue weighted by Crippen LogP contribution is -2.24. The van der Waals surface area contributed by atoms with Crippen LogP contribution in [0.2, 0.25) is 0 Å². The van der Waals surface area contributed by atoms with E-state index in [-0.39, 0.29) is 12.5 Å². The van der Waals surface area contributed by atoms with Crippen LogP contribution >= 0.6 is 0 Å². The van der Waals surface area contributed by atoms with Crippen LogP contribution in [0.4, 0.5) is 0 Å². The van der Waals surface area contributed by atoms with Gasteiger partial charge in [-0.2, -0.15) is 5.10 Å². The Hall–Kier alpha value is -3.93. The van der Waals surface area contributed by atoms with Crippen LogP contribution in [-0.2, 0) is 4.79 Å². The number of rotatable bonds is 7. The molecule has 0 spiro atoms. The Labute approximate surface area is 168 Å². The van der Waals surface area contributed by atoms with Crippen LogP contribution in [-0.4, -0.2) is 24.7 Å². The summed E-state index contributed by atoms with van der Waals surface area (Å²) < 4.78 is 10.7. The van der Waals surface area contributed by atoms with E-state index in [2.05, 4.69) is 10.5 Å². The van der Waals surface area contributed by atoms with Gasteiger partial charge in [-0.15, -0.1) is 0 Å². The van der Waals surface area contributed by atoms with E-state index in [1.807, 2.05) is 37.3 Å². The fourth-order valence-corrected chi connectivity index (χ4v) is 2.44. The van der Waals surface area contributed by atoms with Crippen molar-refractivity contribution in [3.05, 3.63) is 95.6 Å². The number of para-hydroxylation sites is 1. The molecule has 0 fully saturated rings. The van der Waals surface area contributed by atoms with E-state index in [9.17, 15) is 9.59 Å². The molecular formula is C23H20N2O4. The molecule has 3 aromatic rings. The molecule has 6 heteroatoms. The zero-order valence-corrected chi connectivity index (χ0v) is 15.9. The summed E-state index contributed by atoms with van der Waals surface area (Å²) in [6, 6.07) is 23.0. The molecule has 0 saturated heterocycles. The number of nitrogens with zero attached hydrogens (tertiary/aromatic N) is 1. The number of hydrogen-bond donors (Lipinski definition) is 1. The van der Waals surface area contributed by atoms with Crippen molar-refractivity contribution in [3.63, 3.8) is 0 Å². The molecule has 29 heavy (non-hydrogen) atoms. The minimum absolute atomic E-state index is 0.130. The van der Waals surface area contributed by atoms with Gasteiger partial charge in [0.1, 0.15) is 11.5 Å². The molecule has 0 atom stereocenters. The molecule has 0 aliphatic heterocycles. The third kappa shape index (κ3) is 6.32. The van der Waals surface area contributed by atoms with E-state index in [4.69, 9.17) is 9.47 Å². The normalized spacial score (nSPS) is 10.5. The number of benzene rings is 3. The molecule has 0 aliphatic carbocycles. The first-order chi connectivity index (χ1) is 14.1. The van der Waals surface area contributed by atoms with Gasteiger partial charge in [-0.3, -0.25) is 4.79 Å². The van der Waals surface area contributed by atoms with Crippen LogP contribution in [0, 0.1) is 6.92 Å². The molecule has 0 radical (unpaired) electrons. The van der Waals surface area contributed by atoms with E-state index < -0.39 is 5.97 Å². The van der Waals surface area contributed by atoms with Crippen LogP contribution in [0.3, 0.4) is 0 Å². The zero-order valence-electron chi connectivity index (χ0n) is 15.9. The van der Waals surface area contributed by atoms with Gasteiger partial charge in [-0.1, -0.05) is 35.9 Å². The molecule has 1 N–H and O–H groups in total. The molecule has 0 unspecified atom stereocenters. The Kier molecular flexibility index (Phi) is 6.73. The highest BCUT2D eigenvalue weighted by Gasteiger charge is 2.08. The van der Waals surface area contributed by atoms with Crippen LogP contribution < -0.4 is 14.9 Å². The van der Waals surface area contributed by atoms with E-state index in [1.165, 1.54) is 6.21 Å². The minimum atomic E-state index is -0.416. The van der Waals surface area contributed by atoms with Crippen molar-refractivity contribution < 1.29 is 19.1 Å². The maximum Gasteiger partial charge on any atom is 0.343 e. The van der Waals surface area contributed by atoms with Crippen LogP contribution in [0.15, 0.2) is 84.0 Å². The average Bonchev–Trinajstić information content (AvgIpc) is 2.74. The first-order valence-electron chi connectivity index (χ1n) is 8.99. The summed E-state index contributed by atoms with van der Waals surface area (Å²) in [5, 5.41) is 3.89. The lowest BCUT2D eigenvalue weighted by atomic mass is 10.1. The Morgan fingerprint density at radius 2 is 1.69 bits per heavy atom. The van der Waals surface area contributed by atoms with Crippen molar-refractivity contribution in [1.82, 2.24) is 5.43 Å². The maximum absolute atomic E-state index is 12.2. The van der Waals surface area contributed by atoms with Crippen molar-refractivity contribution in [3.8, 4) is 11.5 Å². The van der Waals surface area contributed by atoms with Gasteiger partial charge >= 0.3 is 5.97 Å². The topological polar surface area (TPSA) is 77.0 Å². The second-order valence-corrected chi connectivity index (χ2v) is 6.22.